The summed E-state index contributed by atoms with van der Waals surface area (Å²) in [6.45, 7) is 22.6. The normalized spacial score (nSPS) is 18.2. The highest BCUT2D eigenvalue weighted by Gasteiger charge is 2.59. The van der Waals surface area contributed by atoms with E-state index in [4.69, 9.17) is 0 Å². The van der Waals surface area contributed by atoms with Gasteiger partial charge in [-0.25, -0.2) is 0 Å². The molecule has 3 nitrogen and oxygen atoms in total. The van der Waals surface area contributed by atoms with E-state index in [1.165, 1.54) is 0 Å². The van der Waals surface area contributed by atoms with E-state index >= 15 is 0 Å². The maximum Gasteiger partial charge on any atom is 0.0951 e. The quantitative estimate of drug-likeness (QED) is 0.679. The van der Waals surface area contributed by atoms with E-state index in [0.29, 0.717) is 0 Å². The maximum atomic E-state index is 11.6. The summed E-state index contributed by atoms with van der Waals surface area (Å²) in [6.07, 6.45) is -1.52. The van der Waals surface area contributed by atoms with Gasteiger partial charge in [0.25, 0.3) is 0 Å². The molecular formula is C23H41NO2. The molecule has 3 N–H and O–H groups in total. The van der Waals surface area contributed by atoms with Crippen LogP contribution in [0.2, 0.25) is 0 Å². The fourth-order valence-electron chi connectivity index (χ4n) is 3.88. The number of aryl methyl sites for hydroxylation is 2. The summed E-state index contributed by atoms with van der Waals surface area (Å²) in [5.41, 5.74) is 1.09. The molecule has 1 aromatic carbocycles. The molecular weight excluding hydrogens is 322 g/mol. The third kappa shape index (κ3) is 4.26. The molecule has 0 spiro atoms. The van der Waals surface area contributed by atoms with Crippen molar-refractivity contribution in [2.24, 2.45) is 16.2 Å². The molecule has 26 heavy (non-hydrogen) atoms. The molecule has 0 amide bonds. The number of aliphatic hydroxyl groups is 2. The second-order valence-electron chi connectivity index (χ2n) is 11.0. The van der Waals surface area contributed by atoms with Crippen LogP contribution in [0.4, 0.5) is 5.69 Å². The number of rotatable bonds is 4. The summed E-state index contributed by atoms with van der Waals surface area (Å²) >= 11 is 0. The van der Waals surface area contributed by atoms with E-state index in [9.17, 15) is 10.2 Å². The highest BCUT2D eigenvalue weighted by molar-refractivity contribution is 5.59. The maximum absolute atomic E-state index is 11.6. The zero-order chi connectivity index (χ0) is 20.7. The van der Waals surface area contributed by atoms with Crippen LogP contribution < -0.4 is 5.32 Å². The van der Waals surface area contributed by atoms with Crippen LogP contribution in [-0.4, -0.2) is 28.0 Å². The second kappa shape index (κ2) is 7.16. The number of para-hydroxylation sites is 1. The summed E-state index contributed by atoms with van der Waals surface area (Å²) in [6, 6.07) is 6.17. The number of benzene rings is 1. The number of hydrogen-bond donors (Lipinski definition) is 3. The first-order valence-corrected chi connectivity index (χ1v) is 9.67. The number of nitrogens with one attached hydrogen (secondary N) is 1. The molecule has 0 aliphatic heterocycles. The molecule has 0 heterocycles. The van der Waals surface area contributed by atoms with Crippen molar-refractivity contribution in [2.45, 2.75) is 93.9 Å². The number of aliphatic hydroxyl groups excluding tert-OH is 2. The average Bonchev–Trinajstić information content (AvgIpc) is 2.42. The van der Waals surface area contributed by atoms with Gasteiger partial charge in [-0.15, -0.1) is 0 Å². The largest absolute Gasteiger partial charge is 0.390 e. The van der Waals surface area contributed by atoms with Gasteiger partial charge >= 0.3 is 0 Å². The predicted molar refractivity (Wildman–Crippen MR) is 113 cm³/mol. The molecule has 0 bridgehead atoms. The van der Waals surface area contributed by atoms with Gasteiger partial charge in [-0.1, -0.05) is 80.5 Å². The zero-order valence-electron chi connectivity index (χ0n) is 18.8. The zero-order valence-corrected chi connectivity index (χ0v) is 18.8. The van der Waals surface area contributed by atoms with Crippen LogP contribution in [0.5, 0.6) is 0 Å². The summed E-state index contributed by atoms with van der Waals surface area (Å²) in [5.74, 6) is 0. The molecule has 2 unspecified atom stereocenters. The first-order valence-electron chi connectivity index (χ1n) is 9.67. The monoisotopic (exact) mass is 363 g/mol. The minimum Gasteiger partial charge on any atom is -0.390 e. The molecule has 1 rings (SSSR count). The van der Waals surface area contributed by atoms with Crippen LogP contribution in [0.3, 0.4) is 0 Å². The van der Waals surface area contributed by atoms with E-state index in [1.54, 1.807) is 0 Å². The number of anilines is 1. The van der Waals surface area contributed by atoms with E-state index in [1.807, 2.05) is 47.6 Å². The standard InChI is InChI=1S/C23H41NO2/c1-15-13-12-14-16(2)17(15)24-23(22(9,10)11,18(25)20(3,4)5)19(26)21(6,7)8/h12-14,18-19,24-26H,1-11H3. The fraction of sp³-hybridized carbons (Fsp3) is 0.739. The Hall–Kier alpha value is -1.06. The van der Waals surface area contributed by atoms with E-state index in [2.05, 4.69) is 52.1 Å². The Morgan fingerprint density at radius 3 is 1.35 bits per heavy atom. The van der Waals surface area contributed by atoms with E-state index in [-0.39, 0.29) is 0 Å². The lowest BCUT2D eigenvalue weighted by Gasteiger charge is -2.58. The van der Waals surface area contributed by atoms with Crippen molar-refractivity contribution < 1.29 is 10.2 Å². The van der Waals surface area contributed by atoms with Gasteiger partial charge in [-0.3, -0.25) is 0 Å². The van der Waals surface area contributed by atoms with Crippen LogP contribution in [0.15, 0.2) is 18.2 Å². The fourth-order valence-corrected chi connectivity index (χ4v) is 3.88. The molecule has 0 aromatic heterocycles. The minimum absolute atomic E-state index is 0.400. The van der Waals surface area contributed by atoms with E-state index in [0.717, 1.165) is 16.8 Å². The van der Waals surface area contributed by atoms with Crippen molar-refractivity contribution in [3.8, 4) is 0 Å². The summed E-state index contributed by atoms with van der Waals surface area (Å²) < 4.78 is 0. The Kier molecular flexibility index (Phi) is 6.33. The molecule has 1 aromatic rings. The van der Waals surface area contributed by atoms with Crippen LogP contribution in [-0.2, 0) is 0 Å². The highest BCUT2D eigenvalue weighted by Crippen LogP contribution is 2.49. The Morgan fingerprint density at radius 1 is 0.731 bits per heavy atom. The van der Waals surface area contributed by atoms with Gasteiger partial charge in [0.1, 0.15) is 0 Å². The van der Waals surface area contributed by atoms with Crippen molar-refractivity contribution in [2.75, 3.05) is 5.32 Å². The van der Waals surface area contributed by atoms with Crippen molar-refractivity contribution in [3.63, 3.8) is 0 Å². The molecule has 0 fully saturated rings. The Balaban J connectivity index is 3.79. The third-order valence-electron chi connectivity index (χ3n) is 5.56. The van der Waals surface area contributed by atoms with Crippen LogP contribution in [0.25, 0.3) is 0 Å². The van der Waals surface area contributed by atoms with E-state index < -0.39 is 34.0 Å². The summed E-state index contributed by atoms with van der Waals surface area (Å²) in [7, 11) is 0. The van der Waals surface area contributed by atoms with Gasteiger partial charge in [0.2, 0.25) is 0 Å². The smallest absolute Gasteiger partial charge is 0.0951 e. The first kappa shape index (κ1) is 23.0. The molecule has 3 heteroatoms. The van der Waals surface area contributed by atoms with Crippen molar-refractivity contribution in [1.29, 1.82) is 0 Å². The van der Waals surface area contributed by atoms with Crippen LogP contribution in [0, 0.1) is 30.1 Å². The molecule has 0 aliphatic carbocycles. The minimum atomic E-state index is -0.930. The Morgan fingerprint density at radius 2 is 1.08 bits per heavy atom. The first-order chi connectivity index (χ1) is 11.5. The van der Waals surface area contributed by atoms with Crippen molar-refractivity contribution in [1.82, 2.24) is 0 Å². The van der Waals surface area contributed by atoms with Gasteiger partial charge in [0, 0.05) is 5.69 Å². The Labute approximate surface area is 161 Å². The van der Waals surface area contributed by atoms with Crippen LogP contribution >= 0.6 is 0 Å². The van der Waals surface area contributed by atoms with Gasteiger partial charge in [-0.2, -0.15) is 0 Å². The lowest BCUT2D eigenvalue weighted by molar-refractivity contribution is -0.127. The van der Waals surface area contributed by atoms with Gasteiger partial charge < -0.3 is 15.5 Å². The van der Waals surface area contributed by atoms with Crippen LogP contribution in [0.1, 0.15) is 73.4 Å². The highest BCUT2D eigenvalue weighted by atomic mass is 16.3. The molecule has 0 saturated heterocycles. The van der Waals surface area contributed by atoms with Gasteiger partial charge in [-0.05, 0) is 41.2 Å². The SMILES string of the molecule is Cc1cccc(C)c1NC(C(O)C(C)(C)C)(C(O)C(C)(C)C)C(C)(C)C. The van der Waals surface area contributed by atoms with Gasteiger partial charge in [0.15, 0.2) is 0 Å². The third-order valence-corrected chi connectivity index (χ3v) is 5.56. The molecule has 150 valence electrons. The molecule has 0 saturated carbocycles. The summed E-state index contributed by atoms with van der Waals surface area (Å²) in [4.78, 5) is 0. The molecule has 0 aliphatic rings. The lowest BCUT2D eigenvalue weighted by Crippen LogP contribution is -2.71. The molecule has 2 atom stereocenters. The second-order valence-corrected chi connectivity index (χ2v) is 11.0. The topological polar surface area (TPSA) is 52.5 Å². The van der Waals surface area contributed by atoms with Crippen molar-refractivity contribution in [3.05, 3.63) is 29.3 Å². The molecule has 0 radical (unpaired) electrons. The van der Waals surface area contributed by atoms with Gasteiger partial charge in [0.05, 0.1) is 17.7 Å². The average molecular weight is 364 g/mol. The predicted octanol–water partition coefficient (Wildman–Crippen LogP) is 5.31. The Bertz CT molecular complexity index is 574. The summed E-state index contributed by atoms with van der Waals surface area (Å²) in [5, 5.41) is 26.9. The lowest BCUT2D eigenvalue weighted by atomic mass is 9.57. The number of hydrogen-bond acceptors (Lipinski definition) is 3. The van der Waals surface area contributed by atoms with Crippen molar-refractivity contribution >= 4 is 5.69 Å².